The maximum Gasteiger partial charge on any atom is 0.0353 e. The summed E-state index contributed by atoms with van der Waals surface area (Å²) in [5.41, 5.74) is 14.5. The van der Waals surface area contributed by atoms with Gasteiger partial charge < -0.3 is 0 Å². The van der Waals surface area contributed by atoms with E-state index in [0.717, 1.165) is 5.39 Å². The smallest absolute Gasteiger partial charge is 0.0353 e. The number of aromatic nitrogens is 1. The standard InChI is InChI=1S/C49H33N/c1-3-13-34(14-4-1)36-23-27-38(28-24-36)40-17-7-9-19-42(40)48-44-21-11-12-22-45(44)49(47-33-50-32-31-46(47)48)43-20-10-8-18-41(43)39-29-25-37(26-30-39)35-15-5-2-6-16-35/h1-33H. The van der Waals surface area contributed by atoms with Gasteiger partial charge in [-0.3, -0.25) is 4.98 Å². The number of hydrogen-bond donors (Lipinski definition) is 0. The summed E-state index contributed by atoms with van der Waals surface area (Å²) < 4.78 is 0. The first-order chi connectivity index (χ1) is 24.8. The number of benzene rings is 8. The molecule has 0 aliphatic carbocycles. The molecule has 0 radical (unpaired) electrons. The quantitative estimate of drug-likeness (QED) is 0.166. The number of hydrogen-bond acceptors (Lipinski definition) is 1. The lowest BCUT2D eigenvalue weighted by Crippen LogP contribution is -1.94. The summed E-state index contributed by atoms with van der Waals surface area (Å²) in [5, 5.41) is 4.77. The maximum atomic E-state index is 4.71. The fourth-order valence-corrected chi connectivity index (χ4v) is 7.45. The zero-order valence-electron chi connectivity index (χ0n) is 27.5. The molecule has 1 heterocycles. The molecule has 0 N–H and O–H groups in total. The average Bonchev–Trinajstić information content (AvgIpc) is 3.21. The van der Waals surface area contributed by atoms with Gasteiger partial charge in [-0.15, -0.1) is 0 Å². The van der Waals surface area contributed by atoms with Gasteiger partial charge in [-0.05, 0) is 89.0 Å². The summed E-state index contributed by atoms with van der Waals surface area (Å²) in [4.78, 5) is 4.71. The van der Waals surface area contributed by atoms with Crippen molar-refractivity contribution in [2.75, 3.05) is 0 Å². The normalized spacial score (nSPS) is 11.2. The van der Waals surface area contributed by atoms with E-state index in [1.165, 1.54) is 82.9 Å². The zero-order chi connectivity index (χ0) is 33.3. The molecule has 9 rings (SSSR count). The minimum absolute atomic E-state index is 1.14. The van der Waals surface area contributed by atoms with Crippen LogP contribution in [0.5, 0.6) is 0 Å². The van der Waals surface area contributed by atoms with Crippen LogP contribution in [0.15, 0.2) is 200 Å². The third-order valence-corrected chi connectivity index (χ3v) is 9.82. The van der Waals surface area contributed by atoms with E-state index in [1.807, 2.05) is 12.4 Å². The molecule has 1 nitrogen and oxygen atoms in total. The summed E-state index contributed by atoms with van der Waals surface area (Å²) in [5.74, 6) is 0. The van der Waals surface area contributed by atoms with Crippen LogP contribution in [0.2, 0.25) is 0 Å². The Morgan fingerprint density at radius 1 is 0.240 bits per heavy atom. The van der Waals surface area contributed by atoms with Gasteiger partial charge in [-0.1, -0.05) is 182 Å². The number of pyridine rings is 1. The third kappa shape index (κ3) is 5.26. The van der Waals surface area contributed by atoms with Crippen molar-refractivity contribution in [3.05, 3.63) is 200 Å². The molecule has 1 aromatic heterocycles. The Bertz CT molecular complexity index is 2360. The van der Waals surface area contributed by atoms with E-state index in [4.69, 9.17) is 4.98 Å². The van der Waals surface area contributed by atoms with Crippen LogP contribution in [0, 0.1) is 0 Å². The fourth-order valence-electron chi connectivity index (χ4n) is 7.45. The number of nitrogens with zero attached hydrogens (tertiary/aromatic N) is 1. The summed E-state index contributed by atoms with van der Waals surface area (Å²) >= 11 is 0. The lowest BCUT2D eigenvalue weighted by molar-refractivity contribution is 1.37. The van der Waals surface area contributed by atoms with Gasteiger partial charge in [0.2, 0.25) is 0 Å². The second kappa shape index (κ2) is 12.8. The van der Waals surface area contributed by atoms with E-state index < -0.39 is 0 Å². The van der Waals surface area contributed by atoms with E-state index in [9.17, 15) is 0 Å². The Balaban J connectivity index is 1.23. The van der Waals surface area contributed by atoms with Crippen LogP contribution >= 0.6 is 0 Å². The van der Waals surface area contributed by atoms with E-state index >= 15 is 0 Å². The first-order valence-corrected chi connectivity index (χ1v) is 17.1. The van der Waals surface area contributed by atoms with E-state index in [2.05, 4.69) is 188 Å². The molecule has 50 heavy (non-hydrogen) atoms. The second-order valence-corrected chi connectivity index (χ2v) is 12.7. The van der Waals surface area contributed by atoms with Crippen LogP contribution in [-0.2, 0) is 0 Å². The molecule has 0 saturated heterocycles. The molecule has 9 aromatic rings. The van der Waals surface area contributed by atoms with Crippen LogP contribution in [0.4, 0.5) is 0 Å². The van der Waals surface area contributed by atoms with Gasteiger partial charge in [0.1, 0.15) is 0 Å². The van der Waals surface area contributed by atoms with Gasteiger partial charge in [-0.2, -0.15) is 0 Å². The van der Waals surface area contributed by atoms with Crippen molar-refractivity contribution in [2.24, 2.45) is 0 Å². The molecule has 234 valence electrons. The highest BCUT2D eigenvalue weighted by Gasteiger charge is 2.20. The SMILES string of the molecule is c1ccc(-c2ccc(-c3ccccc3-c3c4ccccc4c(-c4ccccc4-c4ccc(-c5ccccc5)cc4)c4cnccc34)cc2)cc1. The molecular weight excluding hydrogens is 603 g/mol. The monoisotopic (exact) mass is 635 g/mol. The summed E-state index contributed by atoms with van der Waals surface area (Å²) in [6.45, 7) is 0. The largest absolute Gasteiger partial charge is 0.264 e. The molecule has 0 bridgehead atoms. The van der Waals surface area contributed by atoms with Crippen LogP contribution in [-0.4, -0.2) is 4.98 Å². The van der Waals surface area contributed by atoms with Gasteiger partial charge in [-0.25, -0.2) is 0 Å². The van der Waals surface area contributed by atoms with Crippen molar-refractivity contribution in [3.8, 4) is 66.8 Å². The predicted molar refractivity (Wildman–Crippen MR) is 212 cm³/mol. The van der Waals surface area contributed by atoms with Crippen LogP contribution in [0.3, 0.4) is 0 Å². The first kappa shape index (κ1) is 29.6. The third-order valence-electron chi connectivity index (χ3n) is 9.82. The fraction of sp³-hybridized carbons (Fsp3) is 0. The van der Waals surface area contributed by atoms with Crippen molar-refractivity contribution < 1.29 is 0 Å². The van der Waals surface area contributed by atoms with Crippen LogP contribution in [0.25, 0.3) is 88.3 Å². The van der Waals surface area contributed by atoms with Crippen LogP contribution in [0.1, 0.15) is 0 Å². The highest BCUT2D eigenvalue weighted by Crippen LogP contribution is 2.47. The Morgan fingerprint density at radius 2 is 0.580 bits per heavy atom. The summed E-state index contributed by atoms with van der Waals surface area (Å²) in [6, 6.07) is 67.7. The molecule has 1 heteroatoms. The molecule has 0 aliphatic heterocycles. The molecule has 0 atom stereocenters. The molecule has 0 spiro atoms. The molecule has 0 unspecified atom stereocenters. The zero-order valence-corrected chi connectivity index (χ0v) is 27.5. The van der Waals surface area contributed by atoms with E-state index in [0.29, 0.717) is 0 Å². The lowest BCUT2D eigenvalue weighted by Gasteiger charge is -2.21. The van der Waals surface area contributed by atoms with Crippen molar-refractivity contribution >= 4 is 21.5 Å². The highest BCUT2D eigenvalue weighted by atomic mass is 14.6. The van der Waals surface area contributed by atoms with Crippen molar-refractivity contribution in [1.29, 1.82) is 0 Å². The Kier molecular flexibility index (Phi) is 7.57. The summed E-state index contributed by atoms with van der Waals surface area (Å²) in [7, 11) is 0. The molecule has 0 saturated carbocycles. The molecule has 8 aromatic carbocycles. The first-order valence-electron chi connectivity index (χ1n) is 17.1. The van der Waals surface area contributed by atoms with E-state index in [-0.39, 0.29) is 0 Å². The second-order valence-electron chi connectivity index (χ2n) is 12.7. The molecule has 0 amide bonds. The van der Waals surface area contributed by atoms with Crippen LogP contribution < -0.4 is 0 Å². The predicted octanol–water partition coefficient (Wildman–Crippen LogP) is 13.4. The lowest BCUT2D eigenvalue weighted by atomic mass is 9.83. The highest BCUT2D eigenvalue weighted by molar-refractivity contribution is 6.23. The number of rotatable bonds is 6. The maximum absolute atomic E-state index is 4.71. The Morgan fingerprint density at radius 3 is 1.06 bits per heavy atom. The van der Waals surface area contributed by atoms with Gasteiger partial charge in [0.25, 0.3) is 0 Å². The number of fused-ring (bicyclic) bond motifs is 2. The average molecular weight is 636 g/mol. The Hall–Kier alpha value is -6.57. The topological polar surface area (TPSA) is 12.9 Å². The Labute approximate surface area is 292 Å². The van der Waals surface area contributed by atoms with Crippen molar-refractivity contribution in [1.82, 2.24) is 4.98 Å². The minimum atomic E-state index is 1.14. The summed E-state index contributed by atoms with van der Waals surface area (Å²) in [6.07, 6.45) is 3.98. The van der Waals surface area contributed by atoms with Gasteiger partial charge >= 0.3 is 0 Å². The van der Waals surface area contributed by atoms with Gasteiger partial charge in [0, 0.05) is 17.8 Å². The molecular formula is C49H33N. The van der Waals surface area contributed by atoms with Gasteiger partial charge in [0.05, 0.1) is 0 Å². The van der Waals surface area contributed by atoms with Gasteiger partial charge in [0.15, 0.2) is 0 Å². The molecule has 0 aliphatic rings. The van der Waals surface area contributed by atoms with Crippen molar-refractivity contribution in [3.63, 3.8) is 0 Å². The molecule has 0 fully saturated rings. The minimum Gasteiger partial charge on any atom is -0.264 e. The van der Waals surface area contributed by atoms with Crippen molar-refractivity contribution in [2.45, 2.75) is 0 Å². The van der Waals surface area contributed by atoms with E-state index in [1.54, 1.807) is 0 Å².